The van der Waals surface area contributed by atoms with Crippen molar-refractivity contribution in [3.05, 3.63) is 36.0 Å². The van der Waals surface area contributed by atoms with E-state index in [4.69, 9.17) is 0 Å². The molecule has 4 heteroatoms. The maximum absolute atomic E-state index is 13.0. The second kappa shape index (κ2) is 7.22. The number of rotatable bonds is 4. The Hall–Kier alpha value is -1.81. The third-order valence-electron chi connectivity index (χ3n) is 7.67. The first-order valence-corrected chi connectivity index (χ1v) is 11.2. The van der Waals surface area contributed by atoms with E-state index in [1.807, 2.05) is 11.0 Å². The van der Waals surface area contributed by atoms with E-state index in [0.717, 1.165) is 56.0 Å². The van der Waals surface area contributed by atoms with Crippen molar-refractivity contribution in [2.24, 2.45) is 17.8 Å². The van der Waals surface area contributed by atoms with Crippen LogP contribution in [-0.2, 0) is 6.54 Å². The first-order valence-electron chi connectivity index (χ1n) is 11.2. The number of fused-ring (bicyclic) bond motifs is 3. The maximum Gasteiger partial charge on any atom is 0.253 e. The topological polar surface area (TPSA) is 28.5 Å². The normalized spacial score (nSPS) is 28.0. The quantitative estimate of drug-likeness (QED) is 0.795. The fourth-order valence-electron chi connectivity index (χ4n) is 5.97. The van der Waals surface area contributed by atoms with Gasteiger partial charge in [0.25, 0.3) is 5.91 Å². The number of carbonyl (C=O) groups is 1. The van der Waals surface area contributed by atoms with Gasteiger partial charge in [0.1, 0.15) is 0 Å². The zero-order valence-electron chi connectivity index (χ0n) is 17.3. The zero-order valence-corrected chi connectivity index (χ0v) is 17.3. The minimum atomic E-state index is 0.186. The summed E-state index contributed by atoms with van der Waals surface area (Å²) < 4.78 is 2.43. The monoisotopic (exact) mass is 379 g/mol. The van der Waals surface area contributed by atoms with Gasteiger partial charge in [0.15, 0.2) is 0 Å². The smallest absolute Gasteiger partial charge is 0.253 e. The van der Waals surface area contributed by atoms with Gasteiger partial charge in [-0.3, -0.25) is 9.69 Å². The number of hydrogen-bond donors (Lipinski definition) is 0. The summed E-state index contributed by atoms with van der Waals surface area (Å²) in [5.41, 5.74) is 2.12. The predicted octanol–water partition coefficient (Wildman–Crippen LogP) is 4.24. The van der Waals surface area contributed by atoms with Crippen LogP contribution in [0.1, 0.15) is 49.9 Å². The lowest BCUT2D eigenvalue weighted by atomic mass is 9.89. The highest BCUT2D eigenvalue weighted by atomic mass is 16.2. The Labute approximate surface area is 168 Å². The lowest BCUT2D eigenvalue weighted by molar-refractivity contribution is 0.0595. The van der Waals surface area contributed by atoms with Gasteiger partial charge >= 0.3 is 0 Å². The molecule has 0 spiro atoms. The van der Waals surface area contributed by atoms with Crippen LogP contribution in [0.15, 0.2) is 30.5 Å². The molecule has 28 heavy (non-hydrogen) atoms. The van der Waals surface area contributed by atoms with Crippen molar-refractivity contribution in [3.8, 4) is 0 Å². The minimum absolute atomic E-state index is 0.186. The van der Waals surface area contributed by atoms with Crippen LogP contribution in [-0.4, -0.2) is 52.5 Å². The van der Waals surface area contributed by atoms with Crippen molar-refractivity contribution in [2.45, 2.75) is 52.1 Å². The first-order chi connectivity index (χ1) is 13.6. The maximum atomic E-state index is 13.0. The van der Waals surface area contributed by atoms with Crippen molar-refractivity contribution in [1.29, 1.82) is 0 Å². The van der Waals surface area contributed by atoms with Crippen LogP contribution < -0.4 is 0 Å². The molecule has 1 aromatic carbocycles. The van der Waals surface area contributed by atoms with Gasteiger partial charge < -0.3 is 9.47 Å². The van der Waals surface area contributed by atoms with Gasteiger partial charge in [0.2, 0.25) is 0 Å². The Balaban J connectivity index is 1.29. The van der Waals surface area contributed by atoms with Crippen molar-refractivity contribution < 1.29 is 4.79 Å². The van der Waals surface area contributed by atoms with E-state index in [9.17, 15) is 4.79 Å². The van der Waals surface area contributed by atoms with E-state index in [0.29, 0.717) is 6.04 Å². The Bertz CT molecular complexity index is 862. The summed E-state index contributed by atoms with van der Waals surface area (Å²) >= 11 is 0. The molecule has 0 N–H and O–H groups in total. The molecule has 2 saturated carbocycles. The number of benzene rings is 1. The molecule has 5 rings (SSSR count). The zero-order chi connectivity index (χ0) is 19.3. The fourth-order valence-corrected chi connectivity index (χ4v) is 5.97. The minimum Gasteiger partial charge on any atom is -0.347 e. The number of aromatic nitrogens is 1. The molecule has 2 bridgehead atoms. The fraction of sp³-hybridized carbons (Fsp3) is 0.625. The molecule has 3 fully saturated rings. The number of piperazine rings is 1. The van der Waals surface area contributed by atoms with E-state index in [2.05, 4.69) is 47.7 Å². The average molecular weight is 380 g/mol. The van der Waals surface area contributed by atoms with Gasteiger partial charge in [-0.15, -0.1) is 0 Å². The summed E-state index contributed by atoms with van der Waals surface area (Å²) in [6.07, 6.45) is 8.02. The molecule has 1 amide bonds. The van der Waals surface area contributed by atoms with Gasteiger partial charge in [-0.05, 0) is 75.1 Å². The van der Waals surface area contributed by atoms with E-state index >= 15 is 0 Å². The van der Waals surface area contributed by atoms with E-state index < -0.39 is 0 Å². The van der Waals surface area contributed by atoms with Gasteiger partial charge in [-0.2, -0.15) is 0 Å². The van der Waals surface area contributed by atoms with E-state index in [-0.39, 0.29) is 5.91 Å². The highest BCUT2D eigenvalue weighted by Crippen LogP contribution is 2.49. The van der Waals surface area contributed by atoms with Gasteiger partial charge in [0, 0.05) is 61.4 Å². The molecular formula is C24H33N3O. The SMILES string of the molecule is CC(C)N1CCN(C(=O)c2ccc3c(ccn3CC3C[C@H]4CC[C@@H]3C4)c2)CC1. The summed E-state index contributed by atoms with van der Waals surface area (Å²) in [4.78, 5) is 17.5. The molecule has 2 heterocycles. The van der Waals surface area contributed by atoms with E-state index in [1.165, 1.54) is 36.6 Å². The van der Waals surface area contributed by atoms with Gasteiger partial charge in [-0.1, -0.05) is 6.42 Å². The largest absolute Gasteiger partial charge is 0.347 e. The van der Waals surface area contributed by atoms with Crippen LogP contribution >= 0.6 is 0 Å². The number of hydrogen-bond acceptors (Lipinski definition) is 2. The number of nitrogens with zero attached hydrogens (tertiary/aromatic N) is 3. The second-order valence-corrected chi connectivity index (χ2v) is 9.60. The predicted molar refractivity (Wildman–Crippen MR) is 113 cm³/mol. The van der Waals surface area contributed by atoms with Crippen LogP contribution in [0.2, 0.25) is 0 Å². The molecule has 1 aromatic heterocycles. The number of amides is 1. The Morgan fingerprint density at radius 1 is 1.07 bits per heavy atom. The van der Waals surface area contributed by atoms with Crippen LogP contribution in [0.3, 0.4) is 0 Å². The molecule has 4 nitrogen and oxygen atoms in total. The second-order valence-electron chi connectivity index (χ2n) is 9.60. The van der Waals surface area contributed by atoms with Crippen molar-refractivity contribution >= 4 is 16.8 Å². The van der Waals surface area contributed by atoms with Crippen LogP contribution in [0.4, 0.5) is 0 Å². The third kappa shape index (κ3) is 3.26. The molecule has 2 aliphatic carbocycles. The molecule has 1 saturated heterocycles. The summed E-state index contributed by atoms with van der Waals surface area (Å²) in [7, 11) is 0. The molecule has 1 aliphatic heterocycles. The molecule has 3 atom stereocenters. The lowest BCUT2D eigenvalue weighted by Gasteiger charge is -2.37. The van der Waals surface area contributed by atoms with Crippen LogP contribution in [0, 0.1) is 17.8 Å². The van der Waals surface area contributed by atoms with Crippen molar-refractivity contribution in [3.63, 3.8) is 0 Å². The Morgan fingerprint density at radius 3 is 2.57 bits per heavy atom. The molecule has 3 aliphatic rings. The molecular weight excluding hydrogens is 346 g/mol. The van der Waals surface area contributed by atoms with Crippen LogP contribution in [0.5, 0.6) is 0 Å². The Kier molecular flexibility index (Phi) is 4.70. The molecule has 1 unspecified atom stereocenters. The Morgan fingerprint density at radius 2 is 1.89 bits per heavy atom. The third-order valence-corrected chi connectivity index (χ3v) is 7.67. The highest BCUT2D eigenvalue weighted by Gasteiger charge is 2.39. The van der Waals surface area contributed by atoms with Gasteiger partial charge in [0.05, 0.1) is 0 Å². The summed E-state index contributed by atoms with van der Waals surface area (Å²) in [5, 5.41) is 1.20. The van der Waals surface area contributed by atoms with Crippen LogP contribution in [0.25, 0.3) is 10.9 Å². The molecule has 0 radical (unpaired) electrons. The summed E-state index contributed by atoms with van der Waals surface area (Å²) in [5.74, 6) is 2.99. The molecule has 150 valence electrons. The van der Waals surface area contributed by atoms with Crippen molar-refractivity contribution in [2.75, 3.05) is 26.2 Å². The standard InChI is InChI=1S/C24H33N3O/c1-17(2)25-9-11-26(12-10-25)24(28)21-5-6-23-20(15-21)7-8-27(23)16-22-14-18-3-4-19(22)13-18/h5-8,15,17-19,22H,3-4,9-14,16H2,1-2H3/t18-,19+,22?/m0/s1. The lowest BCUT2D eigenvalue weighted by Crippen LogP contribution is -2.50. The summed E-state index contributed by atoms with van der Waals surface area (Å²) in [6, 6.07) is 9.06. The average Bonchev–Trinajstić information content (AvgIpc) is 3.43. The molecule has 2 aromatic rings. The van der Waals surface area contributed by atoms with Gasteiger partial charge in [-0.25, -0.2) is 0 Å². The number of carbonyl (C=O) groups excluding carboxylic acids is 1. The first kappa shape index (κ1) is 18.2. The van der Waals surface area contributed by atoms with E-state index in [1.54, 1.807) is 0 Å². The highest BCUT2D eigenvalue weighted by molar-refractivity contribution is 5.98. The van der Waals surface area contributed by atoms with Crippen molar-refractivity contribution in [1.82, 2.24) is 14.4 Å². The summed E-state index contributed by atoms with van der Waals surface area (Å²) in [6.45, 7) is 9.23.